The SMILES string of the molecule is CC(C)(C)C1CCCN(c2ncccc2C=O)CC1. The topological polar surface area (TPSA) is 33.2 Å². The van der Waals surface area contributed by atoms with E-state index in [9.17, 15) is 4.79 Å². The molecule has 0 aliphatic carbocycles. The highest BCUT2D eigenvalue weighted by atomic mass is 16.1. The molecule has 1 saturated heterocycles. The molecule has 0 radical (unpaired) electrons. The molecule has 3 nitrogen and oxygen atoms in total. The summed E-state index contributed by atoms with van der Waals surface area (Å²) in [5.74, 6) is 1.60. The second-order valence-electron chi connectivity index (χ2n) is 6.51. The molecule has 0 bridgehead atoms. The third-order valence-electron chi connectivity index (χ3n) is 4.20. The molecule has 0 aromatic carbocycles. The average Bonchev–Trinajstić information content (AvgIpc) is 2.64. The summed E-state index contributed by atoms with van der Waals surface area (Å²) in [6.07, 6.45) is 6.31. The number of hydrogen-bond donors (Lipinski definition) is 0. The molecule has 1 aliphatic rings. The molecule has 104 valence electrons. The first kappa shape index (κ1) is 14.0. The fraction of sp³-hybridized carbons (Fsp3) is 0.625. The minimum atomic E-state index is 0.369. The van der Waals surface area contributed by atoms with Gasteiger partial charge in [0.1, 0.15) is 5.82 Å². The molecule has 0 amide bonds. The lowest BCUT2D eigenvalue weighted by Crippen LogP contribution is -2.27. The summed E-state index contributed by atoms with van der Waals surface area (Å²) in [7, 11) is 0. The van der Waals surface area contributed by atoms with Crippen LogP contribution in [0.1, 0.15) is 50.4 Å². The summed E-state index contributed by atoms with van der Waals surface area (Å²) in [4.78, 5) is 17.8. The predicted octanol–water partition coefficient (Wildman–Crippen LogP) is 3.55. The van der Waals surface area contributed by atoms with Gasteiger partial charge in [-0.3, -0.25) is 4.79 Å². The molecule has 1 aliphatic heterocycles. The van der Waals surface area contributed by atoms with Gasteiger partial charge in [-0.25, -0.2) is 4.98 Å². The first-order valence-electron chi connectivity index (χ1n) is 7.17. The van der Waals surface area contributed by atoms with E-state index in [0.29, 0.717) is 11.0 Å². The van der Waals surface area contributed by atoms with Gasteiger partial charge in [0.05, 0.1) is 5.56 Å². The van der Waals surface area contributed by atoms with Crippen LogP contribution in [0.25, 0.3) is 0 Å². The van der Waals surface area contributed by atoms with E-state index in [1.165, 1.54) is 19.3 Å². The molecule has 19 heavy (non-hydrogen) atoms. The van der Waals surface area contributed by atoms with Crippen LogP contribution < -0.4 is 4.90 Å². The first-order chi connectivity index (χ1) is 9.02. The lowest BCUT2D eigenvalue weighted by molar-refractivity contribution is 0.112. The molecular weight excluding hydrogens is 236 g/mol. The summed E-state index contributed by atoms with van der Waals surface area (Å²) in [6.45, 7) is 8.98. The standard InChI is InChI=1S/C16H24N2O/c1-16(2,3)14-7-5-10-18(11-8-14)15-13(12-19)6-4-9-17-15/h4,6,9,12,14H,5,7-8,10-11H2,1-3H3. The van der Waals surface area contributed by atoms with E-state index in [1.807, 2.05) is 12.1 Å². The zero-order valence-corrected chi connectivity index (χ0v) is 12.2. The van der Waals surface area contributed by atoms with Crippen molar-refractivity contribution in [2.45, 2.75) is 40.0 Å². The van der Waals surface area contributed by atoms with Crippen molar-refractivity contribution >= 4 is 12.1 Å². The largest absolute Gasteiger partial charge is 0.356 e. The Kier molecular flexibility index (Phi) is 4.23. The molecule has 2 rings (SSSR count). The normalized spacial score (nSPS) is 21.0. The zero-order chi connectivity index (χ0) is 13.9. The van der Waals surface area contributed by atoms with Crippen LogP contribution in [0, 0.1) is 11.3 Å². The van der Waals surface area contributed by atoms with Crippen molar-refractivity contribution in [3.63, 3.8) is 0 Å². The van der Waals surface area contributed by atoms with Crippen LogP contribution in [0.5, 0.6) is 0 Å². The lowest BCUT2D eigenvalue weighted by Gasteiger charge is -2.30. The van der Waals surface area contributed by atoms with Gasteiger partial charge in [-0.2, -0.15) is 0 Å². The molecule has 1 aromatic heterocycles. The minimum absolute atomic E-state index is 0.369. The highest BCUT2D eigenvalue weighted by Crippen LogP contribution is 2.35. The number of carbonyl (C=O) groups excluding carboxylic acids is 1. The van der Waals surface area contributed by atoms with Crippen LogP contribution >= 0.6 is 0 Å². The number of pyridine rings is 1. The van der Waals surface area contributed by atoms with E-state index in [4.69, 9.17) is 0 Å². The van der Waals surface area contributed by atoms with Crippen LogP contribution in [-0.4, -0.2) is 24.4 Å². The average molecular weight is 260 g/mol. The van der Waals surface area contributed by atoms with E-state index < -0.39 is 0 Å². The highest BCUT2D eigenvalue weighted by molar-refractivity contribution is 5.82. The molecule has 0 saturated carbocycles. The van der Waals surface area contributed by atoms with Crippen LogP contribution in [0.3, 0.4) is 0 Å². The fourth-order valence-corrected chi connectivity index (χ4v) is 2.94. The molecule has 1 atom stereocenters. The van der Waals surface area contributed by atoms with E-state index in [2.05, 4.69) is 30.7 Å². The van der Waals surface area contributed by atoms with Gasteiger partial charge in [0.25, 0.3) is 0 Å². The molecule has 2 heterocycles. The maximum absolute atomic E-state index is 11.1. The Labute approximate surface area is 116 Å². The molecule has 1 aromatic rings. The maximum Gasteiger partial charge on any atom is 0.153 e. The van der Waals surface area contributed by atoms with Gasteiger partial charge in [-0.05, 0) is 42.7 Å². The Morgan fingerprint density at radius 3 is 2.79 bits per heavy atom. The minimum Gasteiger partial charge on any atom is -0.356 e. The third kappa shape index (κ3) is 3.34. The van der Waals surface area contributed by atoms with Crippen molar-refractivity contribution in [3.05, 3.63) is 23.9 Å². The van der Waals surface area contributed by atoms with Gasteiger partial charge in [0, 0.05) is 19.3 Å². The van der Waals surface area contributed by atoms with Crippen molar-refractivity contribution in [2.75, 3.05) is 18.0 Å². The Bertz CT molecular complexity index is 437. The Balaban J connectivity index is 2.13. The van der Waals surface area contributed by atoms with Gasteiger partial charge in [0.15, 0.2) is 6.29 Å². The fourth-order valence-electron chi connectivity index (χ4n) is 2.94. The molecule has 1 fully saturated rings. The smallest absolute Gasteiger partial charge is 0.153 e. The van der Waals surface area contributed by atoms with Crippen molar-refractivity contribution in [3.8, 4) is 0 Å². The summed E-state index contributed by atoms with van der Waals surface area (Å²) in [6, 6.07) is 3.67. The summed E-state index contributed by atoms with van der Waals surface area (Å²) >= 11 is 0. The van der Waals surface area contributed by atoms with Gasteiger partial charge in [0.2, 0.25) is 0 Å². The summed E-state index contributed by atoms with van der Waals surface area (Å²) < 4.78 is 0. The number of aromatic nitrogens is 1. The summed E-state index contributed by atoms with van der Waals surface area (Å²) in [5, 5.41) is 0. The number of rotatable bonds is 2. The number of carbonyl (C=O) groups is 1. The van der Waals surface area contributed by atoms with E-state index in [0.717, 1.165) is 31.1 Å². The molecule has 0 N–H and O–H groups in total. The highest BCUT2D eigenvalue weighted by Gasteiger charge is 2.27. The molecule has 1 unspecified atom stereocenters. The van der Waals surface area contributed by atoms with Crippen molar-refractivity contribution in [1.29, 1.82) is 0 Å². The number of anilines is 1. The van der Waals surface area contributed by atoms with E-state index in [-0.39, 0.29) is 0 Å². The van der Waals surface area contributed by atoms with Gasteiger partial charge >= 0.3 is 0 Å². The van der Waals surface area contributed by atoms with Gasteiger partial charge in [-0.15, -0.1) is 0 Å². The Morgan fingerprint density at radius 1 is 1.32 bits per heavy atom. The van der Waals surface area contributed by atoms with E-state index in [1.54, 1.807) is 6.20 Å². The summed E-state index contributed by atoms with van der Waals surface area (Å²) in [5.41, 5.74) is 1.07. The number of hydrogen-bond acceptors (Lipinski definition) is 3. The van der Waals surface area contributed by atoms with E-state index >= 15 is 0 Å². The van der Waals surface area contributed by atoms with Gasteiger partial charge in [-0.1, -0.05) is 20.8 Å². The van der Waals surface area contributed by atoms with Crippen LogP contribution in [0.15, 0.2) is 18.3 Å². The van der Waals surface area contributed by atoms with Crippen molar-refractivity contribution in [2.24, 2.45) is 11.3 Å². The first-order valence-corrected chi connectivity index (χ1v) is 7.17. The van der Waals surface area contributed by atoms with Crippen LogP contribution in [0.2, 0.25) is 0 Å². The molecule has 0 spiro atoms. The Hall–Kier alpha value is -1.38. The molecular formula is C16H24N2O. The second-order valence-corrected chi connectivity index (χ2v) is 6.51. The quantitative estimate of drug-likeness (QED) is 0.762. The third-order valence-corrected chi connectivity index (χ3v) is 4.20. The molecule has 3 heteroatoms. The maximum atomic E-state index is 11.1. The number of aldehydes is 1. The number of nitrogens with zero attached hydrogens (tertiary/aromatic N) is 2. The predicted molar refractivity (Wildman–Crippen MR) is 78.6 cm³/mol. The van der Waals surface area contributed by atoms with Crippen molar-refractivity contribution in [1.82, 2.24) is 4.98 Å². The van der Waals surface area contributed by atoms with Crippen LogP contribution in [-0.2, 0) is 0 Å². The zero-order valence-electron chi connectivity index (χ0n) is 12.2. The van der Waals surface area contributed by atoms with Crippen LogP contribution in [0.4, 0.5) is 5.82 Å². The van der Waals surface area contributed by atoms with Crippen molar-refractivity contribution < 1.29 is 4.79 Å². The lowest BCUT2D eigenvalue weighted by atomic mass is 9.77. The second kappa shape index (κ2) is 5.72. The van der Waals surface area contributed by atoms with Gasteiger partial charge < -0.3 is 4.90 Å². The Morgan fingerprint density at radius 2 is 2.11 bits per heavy atom. The monoisotopic (exact) mass is 260 g/mol.